The van der Waals surface area contributed by atoms with Gasteiger partial charge in [0.05, 0.1) is 19.3 Å². The van der Waals surface area contributed by atoms with Crippen molar-refractivity contribution in [2.24, 2.45) is 0 Å². The molecule has 31 heavy (non-hydrogen) atoms. The van der Waals surface area contributed by atoms with E-state index in [4.69, 9.17) is 19.3 Å². The number of esters is 1. The summed E-state index contributed by atoms with van der Waals surface area (Å²) in [6.45, 7) is 8.39. The highest BCUT2D eigenvalue weighted by molar-refractivity contribution is 5.86. The molecule has 1 unspecified atom stereocenters. The summed E-state index contributed by atoms with van der Waals surface area (Å²) in [5, 5.41) is 8.81. The molecule has 0 spiro atoms. The van der Waals surface area contributed by atoms with Crippen LogP contribution >= 0.6 is 0 Å². The first-order valence-electron chi connectivity index (χ1n) is 10.9. The van der Waals surface area contributed by atoms with Crippen LogP contribution < -0.4 is 9.47 Å². The van der Waals surface area contributed by atoms with Gasteiger partial charge in [0, 0.05) is 18.6 Å². The molecule has 0 aliphatic rings. The summed E-state index contributed by atoms with van der Waals surface area (Å²) in [6.07, 6.45) is 4.58. The molecule has 1 N–H and O–H groups in total. The second-order valence-electron chi connectivity index (χ2n) is 7.67. The van der Waals surface area contributed by atoms with E-state index in [0.717, 1.165) is 48.3 Å². The van der Waals surface area contributed by atoms with Crippen molar-refractivity contribution in [3.05, 3.63) is 60.7 Å². The summed E-state index contributed by atoms with van der Waals surface area (Å²) in [5.74, 6) is 1.35. The van der Waals surface area contributed by atoms with Crippen molar-refractivity contribution in [1.82, 2.24) is 0 Å². The Morgan fingerprint density at radius 3 is 2.10 bits per heavy atom. The zero-order chi connectivity index (χ0) is 22.5. The number of hydrogen-bond donors (Lipinski definition) is 1. The number of unbranched alkanes of at least 4 members (excludes halogenated alkanes) is 2. The number of rotatable bonds is 14. The van der Waals surface area contributed by atoms with Crippen LogP contribution in [0.3, 0.4) is 0 Å². The van der Waals surface area contributed by atoms with Gasteiger partial charge < -0.3 is 19.3 Å². The van der Waals surface area contributed by atoms with Crippen molar-refractivity contribution >= 4 is 5.97 Å². The highest BCUT2D eigenvalue weighted by Gasteiger charge is 2.06. The SMILES string of the molecule is C=C(C)C(=O)OCCCCCC(C)Oc1ccc(-c2ccc(OCCCO)cc2)cc1. The average molecular weight is 427 g/mol. The molecule has 0 bridgehead atoms. The summed E-state index contributed by atoms with van der Waals surface area (Å²) in [4.78, 5) is 11.3. The van der Waals surface area contributed by atoms with Crippen molar-refractivity contribution in [2.45, 2.75) is 52.1 Å². The molecule has 0 amide bonds. The second-order valence-corrected chi connectivity index (χ2v) is 7.67. The number of aliphatic hydroxyl groups excluding tert-OH is 1. The van der Waals surface area contributed by atoms with Crippen LogP contribution in [-0.2, 0) is 9.53 Å². The first-order valence-corrected chi connectivity index (χ1v) is 10.9. The van der Waals surface area contributed by atoms with E-state index in [1.807, 2.05) is 36.4 Å². The van der Waals surface area contributed by atoms with E-state index < -0.39 is 0 Å². The van der Waals surface area contributed by atoms with Gasteiger partial charge in [-0.15, -0.1) is 0 Å². The first-order chi connectivity index (χ1) is 15.0. The third-order valence-electron chi connectivity index (χ3n) is 4.79. The van der Waals surface area contributed by atoms with E-state index in [1.165, 1.54) is 0 Å². The first kappa shape index (κ1) is 24.5. The fourth-order valence-corrected chi connectivity index (χ4v) is 3.01. The third-order valence-corrected chi connectivity index (χ3v) is 4.79. The summed E-state index contributed by atoms with van der Waals surface area (Å²) < 4.78 is 16.7. The fraction of sp³-hybridized carbons (Fsp3) is 0.423. The van der Waals surface area contributed by atoms with Gasteiger partial charge >= 0.3 is 5.97 Å². The third kappa shape index (κ3) is 9.26. The van der Waals surface area contributed by atoms with E-state index in [2.05, 4.69) is 25.6 Å². The molecule has 0 saturated heterocycles. The van der Waals surface area contributed by atoms with Gasteiger partial charge in [-0.2, -0.15) is 0 Å². The molecule has 168 valence electrons. The van der Waals surface area contributed by atoms with E-state index in [0.29, 0.717) is 25.2 Å². The van der Waals surface area contributed by atoms with Gasteiger partial charge in [0.15, 0.2) is 0 Å². The Labute approximate surface area is 185 Å². The van der Waals surface area contributed by atoms with Crippen molar-refractivity contribution in [2.75, 3.05) is 19.8 Å². The Bertz CT molecular complexity index is 796. The van der Waals surface area contributed by atoms with Gasteiger partial charge in [-0.3, -0.25) is 0 Å². The number of hydrogen-bond acceptors (Lipinski definition) is 5. The molecule has 2 rings (SSSR count). The fourth-order valence-electron chi connectivity index (χ4n) is 3.01. The van der Waals surface area contributed by atoms with E-state index >= 15 is 0 Å². The molecule has 0 aliphatic carbocycles. The van der Waals surface area contributed by atoms with Gasteiger partial charge in [0.1, 0.15) is 11.5 Å². The van der Waals surface area contributed by atoms with Crippen LogP contribution in [-0.4, -0.2) is 37.0 Å². The van der Waals surface area contributed by atoms with Crippen LogP contribution in [0.5, 0.6) is 11.5 Å². The van der Waals surface area contributed by atoms with Crippen LogP contribution in [0.2, 0.25) is 0 Å². The minimum Gasteiger partial charge on any atom is -0.494 e. The molecule has 0 aromatic heterocycles. The van der Waals surface area contributed by atoms with Crippen LogP contribution in [0.25, 0.3) is 11.1 Å². The molecule has 0 fully saturated rings. The largest absolute Gasteiger partial charge is 0.494 e. The highest BCUT2D eigenvalue weighted by Crippen LogP contribution is 2.25. The second kappa shape index (κ2) is 13.5. The molecule has 5 nitrogen and oxygen atoms in total. The van der Waals surface area contributed by atoms with Gasteiger partial charge in [-0.05, 0) is 74.9 Å². The minimum atomic E-state index is -0.317. The smallest absolute Gasteiger partial charge is 0.333 e. The van der Waals surface area contributed by atoms with Crippen LogP contribution in [0, 0.1) is 0 Å². The van der Waals surface area contributed by atoms with Crippen molar-refractivity contribution in [3.63, 3.8) is 0 Å². The predicted octanol–water partition coefficient (Wildman–Crippen LogP) is 5.56. The summed E-state index contributed by atoms with van der Waals surface area (Å²) in [6, 6.07) is 16.0. The number of aliphatic hydroxyl groups is 1. The van der Waals surface area contributed by atoms with E-state index in [-0.39, 0.29) is 18.7 Å². The molecule has 1 atom stereocenters. The summed E-state index contributed by atoms with van der Waals surface area (Å²) >= 11 is 0. The van der Waals surface area contributed by atoms with E-state index in [9.17, 15) is 4.79 Å². The topological polar surface area (TPSA) is 65.0 Å². The summed E-state index contributed by atoms with van der Waals surface area (Å²) in [7, 11) is 0. The van der Waals surface area contributed by atoms with Crippen molar-refractivity contribution in [1.29, 1.82) is 0 Å². The molecular weight excluding hydrogens is 392 g/mol. The van der Waals surface area contributed by atoms with Crippen molar-refractivity contribution < 1.29 is 24.1 Å². The van der Waals surface area contributed by atoms with Crippen LogP contribution in [0.1, 0.15) is 46.0 Å². The number of carbonyl (C=O) groups excluding carboxylic acids is 1. The highest BCUT2D eigenvalue weighted by atomic mass is 16.5. The predicted molar refractivity (Wildman–Crippen MR) is 123 cm³/mol. The average Bonchev–Trinajstić information content (AvgIpc) is 2.77. The van der Waals surface area contributed by atoms with Gasteiger partial charge in [0.25, 0.3) is 0 Å². The Hall–Kier alpha value is -2.79. The molecule has 0 saturated carbocycles. The maximum atomic E-state index is 11.3. The van der Waals surface area contributed by atoms with Gasteiger partial charge in [-0.1, -0.05) is 30.8 Å². The Morgan fingerprint density at radius 1 is 0.903 bits per heavy atom. The standard InChI is InChI=1S/C26H34O5/c1-20(2)26(28)30-18-6-4-5-8-21(3)31-25-15-11-23(12-16-25)22-9-13-24(14-10-22)29-19-7-17-27/h9-16,21,27H,1,4-8,17-19H2,2-3H3. The maximum absolute atomic E-state index is 11.3. The lowest BCUT2D eigenvalue weighted by Gasteiger charge is -2.15. The quantitative estimate of drug-likeness (QED) is 0.243. The maximum Gasteiger partial charge on any atom is 0.333 e. The van der Waals surface area contributed by atoms with Crippen molar-refractivity contribution in [3.8, 4) is 22.6 Å². The number of carbonyl (C=O) groups is 1. The monoisotopic (exact) mass is 426 g/mol. The number of benzene rings is 2. The van der Waals surface area contributed by atoms with Gasteiger partial charge in [0.2, 0.25) is 0 Å². The molecule has 0 heterocycles. The van der Waals surface area contributed by atoms with Gasteiger partial charge in [-0.25, -0.2) is 4.79 Å². The molecule has 5 heteroatoms. The Balaban J connectivity index is 1.70. The zero-order valence-corrected chi connectivity index (χ0v) is 18.6. The molecule has 2 aromatic carbocycles. The number of ether oxygens (including phenoxy) is 3. The molecule has 0 radical (unpaired) electrons. The Kier molecular flexibility index (Phi) is 10.7. The minimum absolute atomic E-state index is 0.124. The van der Waals surface area contributed by atoms with Crippen LogP contribution in [0.4, 0.5) is 0 Å². The summed E-state index contributed by atoms with van der Waals surface area (Å²) in [5.41, 5.74) is 2.67. The lowest BCUT2D eigenvalue weighted by atomic mass is 10.1. The molecule has 0 aliphatic heterocycles. The Morgan fingerprint density at radius 2 is 1.52 bits per heavy atom. The zero-order valence-electron chi connectivity index (χ0n) is 18.6. The lowest BCUT2D eigenvalue weighted by Crippen LogP contribution is -2.11. The molecular formula is C26H34O5. The molecule has 2 aromatic rings. The normalized spacial score (nSPS) is 11.6. The van der Waals surface area contributed by atoms with E-state index in [1.54, 1.807) is 6.92 Å². The lowest BCUT2D eigenvalue weighted by molar-refractivity contribution is -0.139. The van der Waals surface area contributed by atoms with Crippen LogP contribution in [0.15, 0.2) is 60.7 Å².